The van der Waals surface area contributed by atoms with Gasteiger partial charge in [0.2, 0.25) is 0 Å². The molecule has 0 aromatic carbocycles. The van der Waals surface area contributed by atoms with Gasteiger partial charge in [0.15, 0.2) is 0 Å². The zero-order valence-corrected chi connectivity index (χ0v) is 13.9. The highest BCUT2D eigenvalue weighted by atomic mass is 35.5. The normalized spacial score (nSPS) is 20.9. The Bertz CT molecular complexity index is 503. The highest BCUT2D eigenvalue weighted by Gasteiger charge is 2.29. The van der Waals surface area contributed by atoms with Crippen LogP contribution in [0.25, 0.3) is 0 Å². The Morgan fingerprint density at radius 3 is 2.38 bits per heavy atom. The van der Waals surface area contributed by atoms with Crippen LogP contribution < -0.4 is 4.90 Å². The van der Waals surface area contributed by atoms with Gasteiger partial charge in [-0.25, -0.2) is 9.97 Å². The predicted octanol–water partition coefficient (Wildman–Crippen LogP) is 3.79. The molecule has 1 aliphatic carbocycles. The molecule has 0 unspecified atom stereocenters. The number of aromatic nitrogens is 2. The van der Waals surface area contributed by atoms with E-state index >= 15 is 0 Å². The lowest BCUT2D eigenvalue weighted by atomic mass is 10.1. The van der Waals surface area contributed by atoms with Crippen LogP contribution in [0.4, 0.5) is 5.82 Å². The smallest absolute Gasteiger partial charge is 0.135 e. The van der Waals surface area contributed by atoms with E-state index in [9.17, 15) is 0 Å². The minimum Gasteiger partial charge on any atom is -0.372 e. The lowest BCUT2D eigenvalue weighted by Gasteiger charge is -2.36. The first-order valence-corrected chi connectivity index (χ1v) is 8.26. The van der Waals surface area contributed by atoms with Gasteiger partial charge in [-0.15, -0.1) is 0 Å². The van der Waals surface area contributed by atoms with E-state index in [1.54, 1.807) is 0 Å². The van der Waals surface area contributed by atoms with Gasteiger partial charge in [0.25, 0.3) is 0 Å². The molecule has 0 amide bonds. The fraction of sp³-hybridized carbons (Fsp3) is 0.750. The summed E-state index contributed by atoms with van der Waals surface area (Å²) in [4.78, 5) is 11.4. The first kappa shape index (κ1) is 15.0. The van der Waals surface area contributed by atoms with Gasteiger partial charge in [-0.2, -0.15) is 0 Å². The van der Waals surface area contributed by atoms with Gasteiger partial charge in [-0.3, -0.25) is 0 Å². The minimum absolute atomic E-state index is 0.0653. The summed E-state index contributed by atoms with van der Waals surface area (Å²) in [5.74, 6) is 2.43. The summed E-state index contributed by atoms with van der Waals surface area (Å²) in [6.45, 7) is 8.29. The molecule has 3 rings (SSSR count). The fourth-order valence-electron chi connectivity index (χ4n) is 2.81. The van der Waals surface area contributed by atoms with Gasteiger partial charge in [0.05, 0.1) is 11.7 Å². The van der Waals surface area contributed by atoms with Crippen LogP contribution in [0.15, 0.2) is 6.07 Å². The molecule has 2 aliphatic rings. The van der Waals surface area contributed by atoms with E-state index < -0.39 is 0 Å². The number of anilines is 1. The van der Waals surface area contributed by atoms with Gasteiger partial charge < -0.3 is 9.64 Å². The van der Waals surface area contributed by atoms with Crippen LogP contribution in [0.1, 0.15) is 58.2 Å². The van der Waals surface area contributed by atoms with Gasteiger partial charge in [-0.1, -0.05) is 11.6 Å². The van der Waals surface area contributed by atoms with E-state index in [-0.39, 0.29) is 5.60 Å². The molecule has 5 heteroatoms. The SMILES string of the molecule is CC(C)(C)OC1CCN(c2cc(Cl)nc(C3CC3)n2)CC1. The van der Waals surface area contributed by atoms with Gasteiger partial charge >= 0.3 is 0 Å². The van der Waals surface area contributed by atoms with Gasteiger partial charge in [0, 0.05) is 25.1 Å². The van der Waals surface area contributed by atoms with Crippen molar-refractivity contribution in [2.75, 3.05) is 18.0 Å². The lowest BCUT2D eigenvalue weighted by Crippen LogP contribution is -2.40. The largest absolute Gasteiger partial charge is 0.372 e. The summed E-state index contributed by atoms with van der Waals surface area (Å²) >= 11 is 6.15. The average Bonchev–Trinajstić information content (AvgIpc) is 3.21. The number of hydrogen-bond acceptors (Lipinski definition) is 4. The molecule has 1 saturated carbocycles. The van der Waals surface area contributed by atoms with E-state index in [4.69, 9.17) is 21.3 Å². The maximum Gasteiger partial charge on any atom is 0.135 e. The molecule has 21 heavy (non-hydrogen) atoms. The standard InChI is InChI=1S/C16H24ClN3O/c1-16(2,3)21-12-6-8-20(9-7-12)14-10-13(17)18-15(19-14)11-4-5-11/h10-12H,4-9H2,1-3H3. The highest BCUT2D eigenvalue weighted by molar-refractivity contribution is 6.29. The van der Waals surface area contributed by atoms with Crippen molar-refractivity contribution < 1.29 is 4.74 Å². The van der Waals surface area contributed by atoms with Crippen molar-refractivity contribution >= 4 is 17.4 Å². The molecule has 0 bridgehead atoms. The third-order valence-corrected chi connectivity index (χ3v) is 4.12. The van der Waals surface area contributed by atoms with Crippen LogP contribution in [0.5, 0.6) is 0 Å². The Morgan fingerprint density at radius 2 is 1.81 bits per heavy atom. The number of piperidine rings is 1. The van der Waals surface area contributed by atoms with Crippen LogP contribution in [0.3, 0.4) is 0 Å². The zero-order chi connectivity index (χ0) is 15.0. The number of ether oxygens (including phenoxy) is 1. The molecule has 0 spiro atoms. The second-order valence-electron chi connectivity index (χ2n) is 7.10. The van der Waals surface area contributed by atoms with E-state index in [2.05, 4.69) is 30.7 Å². The van der Waals surface area contributed by atoms with Crippen LogP contribution in [0, 0.1) is 0 Å². The molecule has 4 nitrogen and oxygen atoms in total. The first-order valence-electron chi connectivity index (χ1n) is 7.88. The molecule has 0 N–H and O–H groups in total. The second-order valence-corrected chi connectivity index (χ2v) is 7.49. The Balaban J connectivity index is 1.64. The zero-order valence-electron chi connectivity index (χ0n) is 13.1. The summed E-state index contributed by atoms with van der Waals surface area (Å²) in [6.07, 6.45) is 4.82. The summed E-state index contributed by atoms with van der Waals surface area (Å²) in [6, 6.07) is 1.89. The second kappa shape index (κ2) is 5.73. The van der Waals surface area contributed by atoms with Crippen molar-refractivity contribution in [3.63, 3.8) is 0 Å². The number of rotatable bonds is 3. The Kier molecular flexibility index (Phi) is 4.10. The summed E-state index contributed by atoms with van der Waals surface area (Å²) in [5, 5.41) is 0.565. The molecule has 0 atom stereocenters. The van der Waals surface area contributed by atoms with E-state index in [0.717, 1.165) is 37.6 Å². The Hall–Kier alpha value is -0.870. The molecule has 1 aromatic heterocycles. The monoisotopic (exact) mass is 309 g/mol. The molecular weight excluding hydrogens is 286 g/mol. The van der Waals surface area contributed by atoms with Crippen LogP contribution in [-0.2, 0) is 4.74 Å². The number of nitrogens with zero attached hydrogens (tertiary/aromatic N) is 3. The Morgan fingerprint density at radius 1 is 1.14 bits per heavy atom. The maximum absolute atomic E-state index is 6.15. The summed E-state index contributed by atoms with van der Waals surface area (Å²) in [5.41, 5.74) is -0.0653. The van der Waals surface area contributed by atoms with Crippen LogP contribution >= 0.6 is 11.6 Å². The third kappa shape index (κ3) is 4.07. The lowest BCUT2D eigenvalue weighted by molar-refractivity contribution is -0.0683. The molecule has 1 aromatic rings. The molecule has 1 aliphatic heterocycles. The van der Waals surface area contributed by atoms with Crippen molar-refractivity contribution in [3.05, 3.63) is 17.0 Å². The van der Waals surface area contributed by atoms with Gasteiger partial charge in [0.1, 0.15) is 16.8 Å². The topological polar surface area (TPSA) is 38.2 Å². The van der Waals surface area contributed by atoms with Crippen LogP contribution in [-0.4, -0.2) is 34.8 Å². The van der Waals surface area contributed by atoms with Crippen molar-refractivity contribution in [3.8, 4) is 0 Å². The molecule has 2 heterocycles. The average molecular weight is 310 g/mol. The quantitative estimate of drug-likeness (QED) is 0.796. The number of hydrogen-bond donors (Lipinski definition) is 0. The van der Waals surface area contributed by atoms with E-state index in [0.29, 0.717) is 17.2 Å². The Labute approximate surface area is 131 Å². The molecule has 1 saturated heterocycles. The molecular formula is C16H24ClN3O. The molecule has 2 fully saturated rings. The van der Waals surface area contributed by atoms with Crippen molar-refractivity contribution in [1.29, 1.82) is 0 Å². The fourth-order valence-corrected chi connectivity index (χ4v) is 3.00. The highest BCUT2D eigenvalue weighted by Crippen LogP contribution is 2.39. The van der Waals surface area contributed by atoms with Crippen molar-refractivity contribution in [1.82, 2.24) is 9.97 Å². The maximum atomic E-state index is 6.15. The molecule has 0 radical (unpaired) electrons. The summed E-state index contributed by atoms with van der Waals surface area (Å²) < 4.78 is 6.07. The van der Waals surface area contributed by atoms with Crippen molar-refractivity contribution in [2.24, 2.45) is 0 Å². The van der Waals surface area contributed by atoms with Crippen LogP contribution in [0.2, 0.25) is 5.15 Å². The molecule has 116 valence electrons. The van der Waals surface area contributed by atoms with E-state index in [1.807, 2.05) is 6.07 Å². The third-order valence-electron chi connectivity index (χ3n) is 3.93. The predicted molar refractivity (Wildman–Crippen MR) is 85.1 cm³/mol. The number of halogens is 1. The first-order chi connectivity index (χ1) is 9.90. The van der Waals surface area contributed by atoms with Gasteiger partial charge in [-0.05, 0) is 46.5 Å². The van der Waals surface area contributed by atoms with Crippen molar-refractivity contribution in [2.45, 2.75) is 64.1 Å². The minimum atomic E-state index is -0.0653. The summed E-state index contributed by atoms with van der Waals surface area (Å²) in [7, 11) is 0. The van der Waals surface area contributed by atoms with E-state index in [1.165, 1.54) is 12.8 Å².